The topological polar surface area (TPSA) is 63.5 Å². The lowest BCUT2D eigenvalue weighted by molar-refractivity contribution is 0.424. The van der Waals surface area contributed by atoms with Crippen molar-refractivity contribution >= 4 is 23.8 Å². The summed E-state index contributed by atoms with van der Waals surface area (Å²) in [7, 11) is -1.55. The van der Waals surface area contributed by atoms with E-state index in [1.807, 2.05) is 0 Å². The van der Waals surface area contributed by atoms with Gasteiger partial charge >= 0.3 is 7.12 Å². The van der Waals surface area contributed by atoms with Crippen molar-refractivity contribution in [2.75, 3.05) is 5.75 Å². The van der Waals surface area contributed by atoms with E-state index in [1.54, 1.807) is 31.2 Å². The minimum absolute atomic E-state index is 0.322. The first-order chi connectivity index (χ1) is 6.16. The predicted octanol–water partition coefficient (Wildman–Crippen LogP) is -0.506. The summed E-state index contributed by atoms with van der Waals surface area (Å²) in [5.41, 5.74) is 0.322. The van der Waals surface area contributed by atoms with Gasteiger partial charge in [-0.3, -0.25) is 0 Å². The Balaban J connectivity index is 3.04. The van der Waals surface area contributed by atoms with Crippen molar-refractivity contribution in [3.8, 4) is 0 Å². The second kappa shape index (κ2) is 4.67. The van der Waals surface area contributed by atoms with Crippen LogP contribution in [0.1, 0.15) is 6.92 Å². The summed E-state index contributed by atoms with van der Waals surface area (Å²) in [6, 6.07) is 6.63. The fourth-order valence-corrected chi connectivity index (χ4v) is 2.03. The molecule has 0 saturated carbocycles. The molecule has 0 heterocycles. The first-order valence-corrected chi connectivity index (χ1v) is 5.32. The van der Waals surface area contributed by atoms with Crippen molar-refractivity contribution in [2.24, 2.45) is 0 Å². The van der Waals surface area contributed by atoms with Crippen molar-refractivity contribution in [2.45, 2.75) is 11.8 Å². The smallest absolute Gasteiger partial charge is 0.493 e. The van der Waals surface area contributed by atoms with Crippen LogP contribution in [0.25, 0.3) is 0 Å². The van der Waals surface area contributed by atoms with Gasteiger partial charge in [-0.05, 0) is 24.2 Å². The molecule has 3 nitrogen and oxygen atoms in total. The third-order valence-corrected chi connectivity index (χ3v) is 3.09. The maximum absolute atomic E-state index is 11.4. The van der Waals surface area contributed by atoms with Crippen molar-refractivity contribution in [3.63, 3.8) is 0 Å². The first kappa shape index (κ1) is 10.6. The molecule has 0 aromatic heterocycles. The Kier molecular flexibility index (Phi) is 3.80. The third kappa shape index (κ3) is 2.48. The average molecular weight is 198 g/mol. The molecule has 0 aliphatic heterocycles. The van der Waals surface area contributed by atoms with Gasteiger partial charge in [0, 0.05) is 5.46 Å². The fraction of sp³-hybridized carbons (Fsp3) is 0.250. The van der Waals surface area contributed by atoms with Gasteiger partial charge in [0.1, 0.15) is 5.75 Å². The van der Waals surface area contributed by atoms with Gasteiger partial charge in [0.15, 0.2) is 4.90 Å². The molecular weight excluding hydrogens is 187 g/mol. The molecule has 70 valence electrons. The van der Waals surface area contributed by atoms with Gasteiger partial charge in [-0.1, -0.05) is 18.2 Å². The van der Waals surface area contributed by atoms with Crippen LogP contribution in [-0.4, -0.2) is 27.5 Å². The van der Waals surface area contributed by atoms with Crippen molar-refractivity contribution < 1.29 is 14.6 Å². The zero-order valence-corrected chi connectivity index (χ0v) is 8.12. The van der Waals surface area contributed by atoms with Crippen LogP contribution in [0.3, 0.4) is 0 Å². The number of hydrogen-bond acceptors (Lipinski definition) is 3. The zero-order chi connectivity index (χ0) is 9.84. The molecule has 0 amide bonds. The molecule has 13 heavy (non-hydrogen) atoms. The van der Waals surface area contributed by atoms with E-state index >= 15 is 0 Å². The Morgan fingerprint density at radius 2 is 2.00 bits per heavy atom. The molecule has 1 atom stereocenters. The van der Waals surface area contributed by atoms with Crippen molar-refractivity contribution in [1.29, 1.82) is 0 Å². The summed E-state index contributed by atoms with van der Waals surface area (Å²) in [5.74, 6) is 0.476. The molecule has 0 aliphatic carbocycles. The van der Waals surface area contributed by atoms with Crippen LogP contribution in [0.5, 0.6) is 0 Å². The normalized spacial score (nSPS) is 12.6. The summed E-state index contributed by atoms with van der Waals surface area (Å²) < 4.78 is 11.4. The molecule has 1 rings (SSSR count). The van der Waals surface area contributed by atoms with Gasteiger partial charge in [-0.25, -0.2) is 0 Å². The van der Waals surface area contributed by atoms with Crippen LogP contribution in [0.4, 0.5) is 0 Å². The van der Waals surface area contributed by atoms with E-state index in [9.17, 15) is 4.55 Å². The van der Waals surface area contributed by atoms with E-state index < -0.39 is 18.3 Å². The second-order valence-corrected chi connectivity index (χ2v) is 4.25. The van der Waals surface area contributed by atoms with Gasteiger partial charge in [0.25, 0.3) is 0 Å². The number of benzene rings is 1. The Hall–Kier alpha value is -0.485. The van der Waals surface area contributed by atoms with Crippen LogP contribution in [0, 0.1) is 0 Å². The maximum atomic E-state index is 11.4. The van der Waals surface area contributed by atoms with E-state index in [2.05, 4.69) is 0 Å². The van der Waals surface area contributed by atoms with Crippen LogP contribution in [0.2, 0.25) is 0 Å². The van der Waals surface area contributed by atoms with Gasteiger partial charge in [-0.15, -0.1) is 0 Å². The van der Waals surface area contributed by atoms with Crippen LogP contribution in [0.15, 0.2) is 29.2 Å². The zero-order valence-electron chi connectivity index (χ0n) is 7.30. The molecule has 0 aliphatic rings. The molecule has 1 aromatic carbocycles. The Bertz CT molecular complexity index is 280. The van der Waals surface area contributed by atoms with Crippen molar-refractivity contribution in [3.05, 3.63) is 24.3 Å². The predicted molar refractivity (Wildman–Crippen MR) is 53.2 cm³/mol. The van der Waals surface area contributed by atoms with E-state index in [1.165, 1.54) is 0 Å². The molecule has 0 saturated heterocycles. The van der Waals surface area contributed by atoms with Crippen LogP contribution in [-0.2, 0) is 11.2 Å². The lowest BCUT2D eigenvalue weighted by atomic mass is 9.80. The maximum Gasteiger partial charge on any atom is 0.493 e. The summed E-state index contributed by atoms with van der Waals surface area (Å²) in [6.07, 6.45) is 0. The molecule has 1 aromatic rings. The minimum Gasteiger partial charge on any atom is -0.611 e. The van der Waals surface area contributed by atoms with Crippen LogP contribution >= 0.6 is 0 Å². The summed E-state index contributed by atoms with van der Waals surface area (Å²) >= 11 is -1.14. The third-order valence-electron chi connectivity index (χ3n) is 1.70. The highest BCUT2D eigenvalue weighted by molar-refractivity contribution is 7.91. The molecular formula is C8H11BO3S. The molecule has 0 radical (unpaired) electrons. The van der Waals surface area contributed by atoms with Gasteiger partial charge in [-0.2, -0.15) is 0 Å². The summed E-state index contributed by atoms with van der Waals surface area (Å²) in [6.45, 7) is 1.79. The molecule has 1 unspecified atom stereocenters. The quantitative estimate of drug-likeness (QED) is 0.508. The molecule has 0 fully saturated rings. The van der Waals surface area contributed by atoms with E-state index in [4.69, 9.17) is 10.0 Å². The molecule has 5 heteroatoms. The average Bonchev–Trinajstić information content (AvgIpc) is 2.16. The number of rotatable bonds is 3. The van der Waals surface area contributed by atoms with Crippen molar-refractivity contribution in [1.82, 2.24) is 0 Å². The monoisotopic (exact) mass is 198 g/mol. The first-order valence-electron chi connectivity index (χ1n) is 4.00. The lowest BCUT2D eigenvalue weighted by Crippen LogP contribution is -2.34. The highest BCUT2D eigenvalue weighted by Gasteiger charge is 2.21. The van der Waals surface area contributed by atoms with Gasteiger partial charge < -0.3 is 14.6 Å². The van der Waals surface area contributed by atoms with E-state index in [0.717, 1.165) is 0 Å². The van der Waals surface area contributed by atoms with Gasteiger partial charge in [0.2, 0.25) is 0 Å². The summed E-state index contributed by atoms with van der Waals surface area (Å²) in [4.78, 5) is 0.500. The highest BCUT2D eigenvalue weighted by atomic mass is 32.2. The number of hydrogen-bond donors (Lipinski definition) is 2. The van der Waals surface area contributed by atoms with Crippen LogP contribution < -0.4 is 5.46 Å². The van der Waals surface area contributed by atoms with E-state index in [0.29, 0.717) is 16.1 Å². The molecule has 2 N–H and O–H groups in total. The Morgan fingerprint density at radius 3 is 2.54 bits per heavy atom. The lowest BCUT2D eigenvalue weighted by Gasteiger charge is -2.11. The largest absolute Gasteiger partial charge is 0.611 e. The standard InChI is InChI=1S/C8H11BO3S/c1-2-13(12)8-6-4-3-5-7(8)9(10)11/h3-6,10-11H,2H2,1H3. The Morgan fingerprint density at radius 1 is 1.38 bits per heavy atom. The summed E-state index contributed by atoms with van der Waals surface area (Å²) in [5, 5.41) is 17.9. The SMILES string of the molecule is CC[S+]([O-])c1ccccc1B(O)O. The highest BCUT2D eigenvalue weighted by Crippen LogP contribution is 2.07. The van der Waals surface area contributed by atoms with Gasteiger partial charge in [0.05, 0.1) is 0 Å². The Labute approximate surface area is 80.7 Å². The fourth-order valence-electron chi connectivity index (χ4n) is 1.06. The minimum atomic E-state index is -1.55. The second-order valence-electron chi connectivity index (χ2n) is 2.55. The molecule has 0 bridgehead atoms. The molecule has 0 spiro atoms. The van der Waals surface area contributed by atoms with E-state index in [-0.39, 0.29) is 0 Å².